The lowest BCUT2D eigenvalue weighted by molar-refractivity contribution is 0.0948. The highest BCUT2D eigenvalue weighted by atomic mass is 16.2. The van der Waals surface area contributed by atoms with E-state index in [0.29, 0.717) is 5.69 Å². The summed E-state index contributed by atoms with van der Waals surface area (Å²) in [7, 11) is 0. The Morgan fingerprint density at radius 1 is 1.27 bits per heavy atom. The number of aromatic amines is 1. The van der Waals surface area contributed by atoms with Crippen LogP contribution in [0.2, 0.25) is 0 Å². The van der Waals surface area contributed by atoms with E-state index in [1.165, 1.54) is 0 Å². The van der Waals surface area contributed by atoms with E-state index in [2.05, 4.69) is 20.5 Å². The van der Waals surface area contributed by atoms with E-state index in [1.807, 2.05) is 35.8 Å². The van der Waals surface area contributed by atoms with Crippen LogP contribution >= 0.6 is 0 Å². The van der Waals surface area contributed by atoms with Crippen molar-refractivity contribution in [1.82, 2.24) is 25.1 Å². The Kier molecular flexibility index (Phi) is 4.12. The van der Waals surface area contributed by atoms with Crippen molar-refractivity contribution in [3.05, 3.63) is 69.5 Å². The van der Waals surface area contributed by atoms with Crippen LogP contribution in [-0.4, -0.2) is 25.7 Å². The van der Waals surface area contributed by atoms with Crippen LogP contribution in [-0.2, 0) is 19.5 Å². The Bertz CT molecular complexity index is 1030. The number of pyridine rings is 1. The number of H-pyrrole nitrogens is 1. The molecule has 0 aliphatic carbocycles. The lowest BCUT2D eigenvalue weighted by atomic mass is 10.1. The molecule has 0 spiro atoms. The van der Waals surface area contributed by atoms with E-state index in [4.69, 9.17) is 0 Å². The molecule has 0 bridgehead atoms. The van der Waals surface area contributed by atoms with Crippen LogP contribution in [0.15, 0.2) is 41.2 Å². The highest BCUT2D eigenvalue weighted by molar-refractivity contribution is 5.94. The van der Waals surface area contributed by atoms with Gasteiger partial charge in [0.15, 0.2) is 5.82 Å². The normalized spacial score (nSPS) is 12.8. The van der Waals surface area contributed by atoms with Gasteiger partial charge in [-0.15, -0.1) is 10.2 Å². The Hall–Kier alpha value is -3.22. The van der Waals surface area contributed by atoms with Gasteiger partial charge in [0.2, 0.25) is 0 Å². The molecule has 2 N–H and O–H groups in total. The molecule has 1 aromatic carbocycles. The van der Waals surface area contributed by atoms with Crippen LogP contribution in [0.3, 0.4) is 0 Å². The summed E-state index contributed by atoms with van der Waals surface area (Å²) < 4.78 is 2.02. The van der Waals surface area contributed by atoms with Crippen molar-refractivity contribution in [1.29, 1.82) is 0 Å². The molecule has 4 rings (SSSR count). The Morgan fingerprint density at radius 3 is 2.96 bits per heavy atom. The molecule has 1 amide bonds. The van der Waals surface area contributed by atoms with Gasteiger partial charge < -0.3 is 14.9 Å². The topological polar surface area (TPSA) is 92.7 Å². The molecule has 3 aromatic rings. The number of nitrogens with one attached hydrogen (secondary N) is 2. The van der Waals surface area contributed by atoms with E-state index in [1.54, 1.807) is 12.1 Å². The van der Waals surface area contributed by atoms with Crippen molar-refractivity contribution in [3.8, 4) is 11.3 Å². The van der Waals surface area contributed by atoms with Gasteiger partial charge >= 0.3 is 0 Å². The fraction of sp³-hybridized carbons (Fsp3) is 0.263. The first-order chi connectivity index (χ1) is 12.6. The SMILES string of the molecule is Cc1cccc(-c2ccc(C(=O)NCc3nnc4n3CCC4)c(=O)[nH]2)c1. The lowest BCUT2D eigenvalue weighted by Crippen LogP contribution is -2.30. The Labute approximate surface area is 150 Å². The lowest BCUT2D eigenvalue weighted by Gasteiger charge is -2.07. The van der Waals surface area contributed by atoms with E-state index in [9.17, 15) is 9.59 Å². The molecule has 7 nitrogen and oxygen atoms in total. The zero-order valence-electron chi connectivity index (χ0n) is 14.5. The van der Waals surface area contributed by atoms with Crippen LogP contribution in [0, 0.1) is 6.92 Å². The summed E-state index contributed by atoms with van der Waals surface area (Å²) in [6, 6.07) is 11.1. The third kappa shape index (κ3) is 3.03. The summed E-state index contributed by atoms with van der Waals surface area (Å²) in [6.07, 6.45) is 1.97. The van der Waals surface area contributed by atoms with Gasteiger partial charge in [0.25, 0.3) is 11.5 Å². The van der Waals surface area contributed by atoms with Crippen molar-refractivity contribution >= 4 is 5.91 Å². The smallest absolute Gasteiger partial charge is 0.261 e. The Balaban J connectivity index is 1.50. The highest BCUT2D eigenvalue weighted by Crippen LogP contribution is 2.17. The van der Waals surface area contributed by atoms with Gasteiger partial charge in [-0.05, 0) is 37.1 Å². The molecular formula is C19H19N5O2. The molecule has 0 radical (unpaired) electrons. The molecule has 3 heterocycles. The third-order valence-electron chi connectivity index (χ3n) is 4.58. The summed E-state index contributed by atoms with van der Waals surface area (Å²) in [6.45, 7) is 3.12. The standard InChI is InChI=1S/C19H19N5O2/c1-12-4-2-5-13(10-12)15-8-7-14(19(26)21-15)18(25)20-11-17-23-22-16-6-3-9-24(16)17/h2,4-5,7-8,10H,3,6,9,11H2,1H3,(H,20,25)(H,21,26). The number of carbonyl (C=O) groups excluding carboxylic acids is 1. The summed E-state index contributed by atoms with van der Waals surface area (Å²) in [5, 5.41) is 11.0. The second-order valence-electron chi connectivity index (χ2n) is 6.45. The predicted molar refractivity (Wildman–Crippen MR) is 96.7 cm³/mol. The summed E-state index contributed by atoms with van der Waals surface area (Å²) >= 11 is 0. The second-order valence-corrected chi connectivity index (χ2v) is 6.45. The summed E-state index contributed by atoms with van der Waals surface area (Å²) in [4.78, 5) is 27.5. The maximum atomic E-state index is 12.4. The third-order valence-corrected chi connectivity index (χ3v) is 4.58. The number of hydrogen-bond acceptors (Lipinski definition) is 4. The number of amides is 1. The first-order valence-electron chi connectivity index (χ1n) is 8.61. The van der Waals surface area contributed by atoms with Crippen molar-refractivity contribution in [2.45, 2.75) is 32.9 Å². The fourth-order valence-corrected chi connectivity index (χ4v) is 3.23. The van der Waals surface area contributed by atoms with Crippen LogP contribution in [0.4, 0.5) is 0 Å². The molecular weight excluding hydrogens is 330 g/mol. The number of aryl methyl sites for hydroxylation is 2. The fourth-order valence-electron chi connectivity index (χ4n) is 3.23. The second kappa shape index (κ2) is 6.59. The minimum Gasteiger partial charge on any atom is -0.345 e. The minimum atomic E-state index is -0.419. The van der Waals surface area contributed by atoms with Gasteiger partial charge in [-0.1, -0.05) is 23.8 Å². The number of carbonyl (C=O) groups is 1. The Morgan fingerprint density at radius 2 is 2.15 bits per heavy atom. The van der Waals surface area contributed by atoms with Gasteiger partial charge in [-0.2, -0.15) is 0 Å². The summed E-state index contributed by atoms with van der Waals surface area (Å²) in [5.41, 5.74) is 2.38. The van der Waals surface area contributed by atoms with Crippen LogP contribution in [0.1, 0.15) is 34.0 Å². The maximum absolute atomic E-state index is 12.4. The minimum absolute atomic E-state index is 0.0857. The molecule has 26 heavy (non-hydrogen) atoms. The van der Waals surface area contributed by atoms with Crippen LogP contribution in [0.5, 0.6) is 0 Å². The van der Waals surface area contributed by atoms with Gasteiger partial charge in [0, 0.05) is 18.7 Å². The molecule has 132 valence electrons. The van der Waals surface area contributed by atoms with Crippen molar-refractivity contribution < 1.29 is 4.79 Å². The molecule has 7 heteroatoms. The van der Waals surface area contributed by atoms with E-state index in [-0.39, 0.29) is 12.1 Å². The average Bonchev–Trinajstić information content (AvgIpc) is 3.23. The van der Waals surface area contributed by atoms with Crippen LogP contribution in [0.25, 0.3) is 11.3 Å². The largest absolute Gasteiger partial charge is 0.345 e. The van der Waals surface area contributed by atoms with E-state index >= 15 is 0 Å². The molecule has 0 saturated heterocycles. The van der Waals surface area contributed by atoms with Crippen molar-refractivity contribution in [2.75, 3.05) is 0 Å². The van der Waals surface area contributed by atoms with E-state index in [0.717, 1.165) is 42.2 Å². The number of nitrogens with zero attached hydrogens (tertiary/aromatic N) is 3. The van der Waals surface area contributed by atoms with Gasteiger partial charge in [-0.3, -0.25) is 9.59 Å². The first-order valence-corrected chi connectivity index (χ1v) is 8.61. The molecule has 0 saturated carbocycles. The number of hydrogen-bond donors (Lipinski definition) is 2. The van der Waals surface area contributed by atoms with E-state index < -0.39 is 11.5 Å². The van der Waals surface area contributed by atoms with Gasteiger partial charge in [0.1, 0.15) is 11.4 Å². The quantitative estimate of drug-likeness (QED) is 0.751. The van der Waals surface area contributed by atoms with Gasteiger partial charge in [0.05, 0.1) is 6.54 Å². The van der Waals surface area contributed by atoms with Crippen molar-refractivity contribution in [3.63, 3.8) is 0 Å². The average molecular weight is 349 g/mol. The molecule has 2 aromatic heterocycles. The van der Waals surface area contributed by atoms with Crippen molar-refractivity contribution in [2.24, 2.45) is 0 Å². The van der Waals surface area contributed by atoms with Gasteiger partial charge in [-0.25, -0.2) is 0 Å². The molecule has 0 fully saturated rings. The summed E-state index contributed by atoms with van der Waals surface area (Å²) in [5.74, 6) is 1.26. The number of fused-ring (bicyclic) bond motifs is 1. The first kappa shape index (κ1) is 16.3. The van der Waals surface area contributed by atoms with Crippen LogP contribution < -0.4 is 10.9 Å². The molecule has 0 atom stereocenters. The zero-order chi connectivity index (χ0) is 18.1. The number of benzene rings is 1. The zero-order valence-corrected chi connectivity index (χ0v) is 14.5. The highest BCUT2D eigenvalue weighted by Gasteiger charge is 2.18. The molecule has 1 aliphatic rings. The number of rotatable bonds is 4. The molecule has 1 aliphatic heterocycles. The monoisotopic (exact) mass is 349 g/mol. The number of aromatic nitrogens is 4. The maximum Gasteiger partial charge on any atom is 0.261 e. The molecule has 0 unspecified atom stereocenters. The predicted octanol–water partition coefficient (Wildman–Crippen LogP) is 1.82.